The molecular weight excluding hydrogens is 184 g/mol. The van der Waals surface area contributed by atoms with E-state index in [9.17, 15) is 0 Å². The molecule has 0 radical (unpaired) electrons. The van der Waals surface area contributed by atoms with E-state index >= 15 is 0 Å². The van der Waals surface area contributed by atoms with Crippen LogP contribution in [0.2, 0.25) is 0 Å². The van der Waals surface area contributed by atoms with Gasteiger partial charge >= 0.3 is 0 Å². The van der Waals surface area contributed by atoms with Gasteiger partial charge in [0, 0.05) is 12.5 Å². The first-order valence-electron chi connectivity index (χ1n) is 5.12. The zero-order valence-corrected chi connectivity index (χ0v) is 8.94. The van der Waals surface area contributed by atoms with Crippen molar-refractivity contribution in [1.29, 1.82) is 0 Å². The Bertz CT molecular complexity index is 551. The first-order valence-corrected chi connectivity index (χ1v) is 5.12. The van der Waals surface area contributed by atoms with Crippen LogP contribution in [-0.2, 0) is 7.05 Å². The van der Waals surface area contributed by atoms with Crippen molar-refractivity contribution < 1.29 is 4.57 Å². The highest BCUT2D eigenvalue weighted by molar-refractivity contribution is 5.80. The van der Waals surface area contributed by atoms with Crippen LogP contribution in [0.3, 0.4) is 0 Å². The molecule has 0 aromatic carbocycles. The molecule has 2 aliphatic rings. The van der Waals surface area contributed by atoms with E-state index in [1.54, 1.807) is 0 Å². The van der Waals surface area contributed by atoms with Crippen LogP contribution in [0.1, 0.15) is 5.82 Å². The van der Waals surface area contributed by atoms with Gasteiger partial charge in [-0.25, -0.2) is 4.57 Å². The summed E-state index contributed by atoms with van der Waals surface area (Å²) in [5, 5.41) is 0. The van der Waals surface area contributed by atoms with Crippen molar-refractivity contribution in [3.05, 3.63) is 59.7 Å². The van der Waals surface area contributed by atoms with Crippen molar-refractivity contribution in [2.75, 3.05) is 0 Å². The molecule has 1 aromatic rings. The lowest BCUT2D eigenvalue weighted by atomic mass is 10.2. The molecule has 2 heteroatoms. The molecule has 0 bridgehead atoms. The largest absolute Gasteiger partial charge is 0.258 e. The van der Waals surface area contributed by atoms with Crippen LogP contribution in [0.4, 0.5) is 0 Å². The maximum Gasteiger partial charge on any atom is 0.258 e. The second-order valence-corrected chi connectivity index (χ2v) is 3.94. The highest BCUT2D eigenvalue weighted by atomic mass is 15.1. The lowest BCUT2D eigenvalue weighted by molar-refractivity contribution is -0.676. The average molecular weight is 197 g/mol. The first-order chi connectivity index (χ1) is 7.27. The van der Waals surface area contributed by atoms with Gasteiger partial charge in [-0.15, -0.1) is 0 Å². The van der Waals surface area contributed by atoms with Crippen LogP contribution < -0.4 is 4.57 Å². The third kappa shape index (κ3) is 1.08. The van der Waals surface area contributed by atoms with Crippen LogP contribution >= 0.6 is 0 Å². The lowest BCUT2D eigenvalue weighted by Gasteiger charge is -1.99. The first kappa shape index (κ1) is 8.48. The zero-order chi connectivity index (χ0) is 10.4. The van der Waals surface area contributed by atoms with Crippen molar-refractivity contribution in [3.8, 4) is 0 Å². The zero-order valence-electron chi connectivity index (χ0n) is 8.94. The summed E-state index contributed by atoms with van der Waals surface area (Å²) in [6.07, 6.45) is 15.0. The summed E-state index contributed by atoms with van der Waals surface area (Å²) in [5.74, 6) is 1.24. The number of nitrogens with zero attached hydrogens (tertiary/aromatic N) is 2. The Morgan fingerprint density at radius 1 is 1.20 bits per heavy atom. The van der Waals surface area contributed by atoms with Gasteiger partial charge in [0.15, 0.2) is 0 Å². The summed E-state index contributed by atoms with van der Waals surface area (Å²) in [7, 11) is 2.07. The summed E-state index contributed by atoms with van der Waals surface area (Å²) in [4.78, 5) is 0. The third-order valence-electron chi connectivity index (χ3n) is 3.10. The molecule has 0 spiro atoms. The quantitative estimate of drug-likeness (QED) is 0.608. The van der Waals surface area contributed by atoms with E-state index < -0.39 is 0 Å². The fourth-order valence-electron chi connectivity index (χ4n) is 2.09. The van der Waals surface area contributed by atoms with Gasteiger partial charge in [-0.05, 0) is 17.7 Å². The normalized spacial score (nSPS) is 17.6. The molecule has 0 amide bonds. The maximum atomic E-state index is 2.22. The number of hydrogen-bond acceptors (Lipinski definition) is 0. The fraction of sp³-hybridized carbons (Fsp3) is 0.154. The molecule has 2 nitrogen and oxygen atoms in total. The summed E-state index contributed by atoms with van der Waals surface area (Å²) in [6.45, 7) is 2.13. The summed E-state index contributed by atoms with van der Waals surface area (Å²) in [6, 6.07) is 0. The highest BCUT2D eigenvalue weighted by Gasteiger charge is 2.22. The van der Waals surface area contributed by atoms with Crippen LogP contribution in [0.15, 0.2) is 53.9 Å². The molecule has 0 fully saturated rings. The summed E-state index contributed by atoms with van der Waals surface area (Å²) in [5.41, 5.74) is 3.92. The Morgan fingerprint density at radius 3 is 2.80 bits per heavy atom. The molecule has 74 valence electrons. The average Bonchev–Trinajstić information content (AvgIpc) is 2.85. The van der Waals surface area contributed by atoms with Crippen LogP contribution in [0.25, 0.3) is 5.70 Å². The molecule has 0 aliphatic heterocycles. The van der Waals surface area contributed by atoms with Crippen molar-refractivity contribution in [3.63, 3.8) is 0 Å². The Labute approximate surface area is 89.2 Å². The molecule has 0 atom stereocenters. The molecule has 3 rings (SSSR count). The molecular formula is C13H13N2+. The van der Waals surface area contributed by atoms with Gasteiger partial charge in [-0.3, -0.25) is 0 Å². The van der Waals surface area contributed by atoms with Gasteiger partial charge in [0.25, 0.3) is 5.82 Å². The minimum atomic E-state index is 1.24. The van der Waals surface area contributed by atoms with Crippen molar-refractivity contribution >= 4 is 5.70 Å². The van der Waals surface area contributed by atoms with E-state index in [1.807, 2.05) is 0 Å². The number of hydrogen-bond donors (Lipinski definition) is 0. The van der Waals surface area contributed by atoms with Gasteiger partial charge in [0.1, 0.15) is 18.1 Å². The van der Waals surface area contributed by atoms with Gasteiger partial charge in [-0.2, -0.15) is 4.57 Å². The van der Waals surface area contributed by atoms with Crippen LogP contribution in [0, 0.1) is 6.92 Å². The number of allylic oxidation sites excluding steroid dienone is 8. The molecule has 0 N–H and O–H groups in total. The smallest absolute Gasteiger partial charge is 0.237 e. The van der Waals surface area contributed by atoms with Crippen molar-refractivity contribution in [2.45, 2.75) is 6.92 Å². The highest BCUT2D eigenvalue weighted by Crippen LogP contribution is 2.32. The fourth-order valence-corrected chi connectivity index (χ4v) is 2.09. The standard InChI is InChI=1S/C13H13N2/c1-10-14(2)8-9-15(10)13-7-6-11-4-3-5-12(11)13/h3-9H,1-2H3/q+1. The monoisotopic (exact) mass is 197 g/mol. The summed E-state index contributed by atoms with van der Waals surface area (Å²) < 4.78 is 4.35. The predicted octanol–water partition coefficient (Wildman–Crippen LogP) is 1.90. The van der Waals surface area contributed by atoms with Gasteiger partial charge < -0.3 is 0 Å². The van der Waals surface area contributed by atoms with Crippen LogP contribution in [-0.4, -0.2) is 4.57 Å². The molecule has 15 heavy (non-hydrogen) atoms. The van der Waals surface area contributed by atoms with E-state index in [4.69, 9.17) is 0 Å². The van der Waals surface area contributed by atoms with Gasteiger partial charge in [0.05, 0.1) is 7.05 Å². The Kier molecular flexibility index (Phi) is 1.60. The minimum absolute atomic E-state index is 1.24. The summed E-state index contributed by atoms with van der Waals surface area (Å²) >= 11 is 0. The Morgan fingerprint density at radius 2 is 2.07 bits per heavy atom. The number of rotatable bonds is 1. The lowest BCUT2D eigenvalue weighted by Crippen LogP contribution is -2.29. The third-order valence-corrected chi connectivity index (χ3v) is 3.10. The van der Waals surface area contributed by atoms with Crippen LogP contribution in [0.5, 0.6) is 0 Å². The van der Waals surface area contributed by atoms with E-state index in [-0.39, 0.29) is 0 Å². The van der Waals surface area contributed by atoms with E-state index in [0.717, 1.165) is 0 Å². The van der Waals surface area contributed by atoms with Crippen molar-refractivity contribution in [1.82, 2.24) is 4.57 Å². The van der Waals surface area contributed by atoms with Gasteiger partial charge in [0.2, 0.25) is 0 Å². The molecule has 0 saturated carbocycles. The molecule has 2 aliphatic carbocycles. The minimum Gasteiger partial charge on any atom is -0.237 e. The molecule has 1 aromatic heterocycles. The molecule has 0 saturated heterocycles. The second-order valence-electron chi connectivity index (χ2n) is 3.94. The Hall–Kier alpha value is -1.83. The van der Waals surface area contributed by atoms with Crippen molar-refractivity contribution in [2.24, 2.45) is 7.05 Å². The molecule has 0 unspecified atom stereocenters. The maximum absolute atomic E-state index is 2.22. The topological polar surface area (TPSA) is 8.81 Å². The Balaban J connectivity index is 2.21. The second kappa shape index (κ2) is 2.83. The van der Waals surface area contributed by atoms with E-state index in [2.05, 4.69) is 65.9 Å². The predicted molar refractivity (Wildman–Crippen MR) is 59.9 cm³/mol. The number of aryl methyl sites for hydroxylation is 1. The SMILES string of the molecule is Cc1n(C2=C3C=CC=C3C=C2)cc[n+]1C. The molecule has 1 heterocycles. The van der Waals surface area contributed by atoms with E-state index in [0.29, 0.717) is 0 Å². The van der Waals surface area contributed by atoms with E-state index in [1.165, 1.54) is 22.7 Å². The number of fused-ring (bicyclic) bond motifs is 1. The van der Waals surface area contributed by atoms with Gasteiger partial charge in [-0.1, -0.05) is 18.2 Å². The number of imidazole rings is 1. The number of aromatic nitrogens is 2.